The lowest BCUT2D eigenvalue weighted by Gasteiger charge is -2.15. The Morgan fingerprint density at radius 3 is 2.75 bits per heavy atom. The number of imidazole rings is 1. The van der Waals surface area contributed by atoms with Crippen LogP contribution in [0.25, 0.3) is 0 Å². The average Bonchev–Trinajstić information content (AvgIpc) is 3.10. The van der Waals surface area contributed by atoms with Gasteiger partial charge in [-0.1, -0.05) is 0 Å². The summed E-state index contributed by atoms with van der Waals surface area (Å²) < 4.78 is 13.4. The van der Waals surface area contributed by atoms with Crippen molar-refractivity contribution >= 4 is 23.0 Å². The first-order chi connectivity index (χ1) is 13.6. The fourth-order valence-corrected chi connectivity index (χ4v) is 2.92. The van der Waals surface area contributed by atoms with Crippen LogP contribution < -0.4 is 25.4 Å². The van der Waals surface area contributed by atoms with Gasteiger partial charge in [-0.2, -0.15) is 0 Å². The van der Waals surface area contributed by atoms with Crippen LogP contribution in [0, 0.1) is 6.92 Å². The standard InChI is InChI=1S/C20H31N5O2S/c1-16-14-22-15-25(16)11-6-10-23-20(28)24-17-7-8-18(26-3)19(13-17)27-12-5-4-9-21-2/h7-8,13-15,21H,4-6,9-12H2,1-3H3,(H2,23,24,28). The number of unbranched alkanes of at least 4 members (excludes halogenated alkanes) is 1. The summed E-state index contributed by atoms with van der Waals surface area (Å²) in [5, 5.41) is 10.2. The Kier molecular flexibility index (Phi) is 9.57. The number of anilines is 1. The number of benzene rings is 1. The Bertz CT molecular complexity index is 735. The minimum Gasteiger partial charge on any atom is -0.493 e. The maximum absolute atomic E-state index is 5.88. The molecular weight excluding hydrogens is 374 g/mol. The average molecular weight is 406 g/mol. The summed E-state index contributed by atoms with van der Waals surface area (Å²) in [5.74, 6) is 1.43. The highest BCUT2D eigenvalue weighted by Gasteiger charge is 2.07. The second kappa shape index (κ2) is 12.2. The zero-order valence-corrected chi connectivity index (χ0v) is 17.8. The van der Waals surface area contributed by atoms with Gasteiger partial charge in [0.25, 0.3) is 0 Å². The molecule has 0 aliphatic carbocycles. The van der Waals surface area contributed by atoms with E-state index in [1.165, 1.54) is 0 Å². The first-order valence-electron chi connectivity index (χ1n) is 9.61. The number of aromatic nitrogens is 2. The van der Waals surface area contributed by atoms with Gasteiger partial charge >= 0.3 is 0 Å². The van der Waals surface area contributed by atoms with Gasteiger partial charge in [-0.15, -0.1) is 0 Å². The Morgan fingerprint density at radius 2 is 2.04 bits per heavy atom. The fraction of sp³-hybridized carbons (Fsp3) is 0.500. The van der Waals surface area contributed by atoms with Crippen LogP contribution in [0.15, 0.2) is 30.7 Å². The zero-order chi connectivity index (χ0) is 20.2. The van der Waals surface area contributed by atoms with Crippen LogP contribution in [0.3, 0.4) is 0 Å². The number of aryl methyl sites for hydroxylation is 2. The Labute approximate surface area is 172 Å². The van der Waals surface area contributed by atoms with Gasteiger partial charge in [-0.25, -0.2) is 4.98 Å². The van der Waals surface area contributed by atoms with Gasteiger partial charge in [0.05, 0.1) is 20.0 Å². The predicted molar refractivity (Wildman–Crippen MR) is 117 cm³/mol. The molecule has 8 heteroatoms. The first kappa shape index (κ1) is 22.0. The highest BCUT2D eigenvalue weighted by Crippen LogP contribution is 2.30. The summed E-state index contributed by atoms with van der Waals surface area (Å²) in [7, 11) is 3.60. The normalized spacial score (nSPS) is 10.5. The quantitative estimate of drug-likeness (QED) is 0.370. The van der Waals surface area contributed by atoms with Crippen LogP contribution in [0.4, 0.5) is 5.69 Å². The van der Waals surface area contributed by atoms with Gasteiger partial charge in [0, 0.05) is 36.7 Å². The molecular formula is C20H31N5O2S. The molecule has 0 atom stereocenters. The number of nitrogens with one attached hydrogen (secondary N) is 3. The number of rotatable bonds is 12. The van der Waals surface area contributed by atoms with E-state index in [0.717, 1.165) is 56.0 Å². The number of hydrogen-bond donors (Lipinski definition) is 3. The Morgan fingerprint density at radius 1 is 1.18 bits per heavy atom. The van der Waals surface area contributed by atoms with Gasteiger partial charge in [0.2, 0.25) is 0 Å². The Balaban J connectivity index is 1.77. The van der Waals surface area contributed by atoms with Crippen molar-refractivity contribution in [2.24, 2.45) is 0 Å². The number of ether oxygens (including phenoxy) is 2. The molecule has 0 spiro atoms. The lowest BCUT2D eigenvalue weighted by atomic mass is 10.2. The molecule has 0 fully saturated rings. The van der Waals surface area contributed by atoms with E-state index in [1.54, 1.807) is 7.11 Å². The van der Waals surface area contributed by atoms with Crippen molar-refractivity contribution < 1.29 is 9.47 Å². The van der Waals surface area contributed by atoms with Crippen molar-refractivity contribution in [3.05, 3.63) is 36.4 Å². The maximum Gasteiger partial charge on any atom is 0.170 e. The third-order valence-corrected chi connectivity index (χ3v) is 4.53. The van der Waals surface area contributed by atoms with E-state index in [9.17, 15) is 0 Å². The summed E-state index contributed by atoms with van der Waals surface area (Å²) in [4.78, 5) is 4.13. The summed E-state index contributed by atoms with van der Waals surface area (Å²) >= 11 is 5.39. The molecule has 7 nitrogen and oxygen atoms in total. The van der Waals surface area contributed by atoms with Gasteiger partial charge in [-0.05, 0) is 64.1 Å². The molecule has 2 aromatic rings. The first-order valence-corrected chi connectivity index (χ1v) is 10.0. The van der Waals surface area contributed by atoms with Crippen LogP contribution >= 0.6 is 12.2 Å². The second-order valence-corrected chi connectivity index (χ2v) is 6.90. The van der Waals surface area contributed by atoms with E-state index in [-0.39, 0.29) is 0 Å². The second-order valence-electron chi connectivity index (χ2n) is 6.49. The summed E-state index contributed by atoms with van der Waals surface area (Å²) in [6.45, 7) is 5.39. The molecule has 0 amide bonds. The zero-order valence-electron chi connectivity index (χ0n) is 17.0. The van der Waals surface area contributed by atoms with Gasteiger partial charge in [-0.3, -0.25) is 0 Å². The van der Waals surface area contributed by atoms with Crippen molar-refractivity contribution in [1.29, 1.82) is 0 Å². The minimum atomic E-state index is 0.590. The molecule has 1 aromatic heterocycles. The monoisotopic (exact) mass is 405 g/mol. The summed E-state index contributed by atoms with van der Waals surface area (Å²) in [6.07, 6.45) is 6.73. The third kappa shape index (κ3) is 7.36. The smallest absolute Gasteiger partial charge is 0.170 e. The molecule has 0 saturated carbocycles. The van der Waals surface area contributed by atoms with Crippen molar-refractivity contribution in [3.63, 3.8) is 0 Å². The molecule has 1 heterocycles. The van der Waals surface area contributed by atoms with E-state index in [1.807, 2.05) is 37.8 Å². The molecule has 0 aliphatic heterocycles. The van der Waals surface area contributed by atoms with Crippen LogP contribution in [0.5, 0.6) is 11.5 Å². The lowest BCUT2D eigenvalue weighted by Crippen LogP contribution is -2.29. The van der Waals surface area contributed by atoms with E-state index in [2.05, 4.69) is 32.4 Å². The van der Waals surface area contributed by atoms with Crippen LogP contribution in [0.2, 0.25) is 0 Å². The molecule has 154 valence electrons. The summed E-state index contributed by atoms with van der Waals surface area (Å²) in [6, 6.07) is 5.73. The van der Waals surface area contributed by atoms with E-state index < -0.39 is 0 Å². The Hall–Kier alpha value is -2.32. The molecule has 0 aliphatic rings. The number of thiocarbonyl (C=S) groups is 1. The van der Waals surface area contributed by atoms with Crippen LogP contribution in [0.1, 0.15) is 25.0 Å². The molecule has 1 aromatic carbocycles. The third-order valence-electron chi connectivity index (χ3n) is 4.28. The predicted octanol–water partition coefficient (Wildman–Crippen LogP) is 2.96. The van der Waals surface area contributed by atoms with E-state index in [0.29, 0.717) is 17.5 Å². The van der Waals surface area contributed by atoms with E-state index in [4.69, 9.17) is 21.7 Å². The minimum absolute atomic E-state index is 0.590. The highest BCUT2D eigenvalue weighted by atomic mass is 32.1. The SMILES string of the molecule is CNCCCCOc1cc(NC(=S)NCCCn2cncc2C)ccc1OC. The molecule has 0 radical (unpaired) electrons. The topological polar surface area (TPSA) is 72.4 Å². The molecule has 2 rings (SSSR count). The van der Waals surface area contributed by atoms with Crippen LogP contribution in [-0.4, -0.2) is 48.5 Å². The van der Waals surface area contributed by atoms with Gasteiger partial charge in [0.1, 0.15) is 0 Å². The highest BCUT2D eigenvalue weighted by molar-refractivity contribution is 7.80. The van der Waals surface area contributed by atoms with E-state index >= 15 is 0 Å². The summed E-state index contributed by atoms with van der Waals surface area (Å²) in [5.41, 5.74) is 2.03. The van der Waals surface area contributed by atoms with Crippen molar-refractivity contribution in [2.75, 3.05) is 39.2 Å². The largest absolute Gasteiger partial charge is 0.493 e. The number of nitrogens with zero attached hydrogens (tertiary/aromatic N) is 2. The van der Waals surface area contributed by atoms with Gasteiger partial charge in [0.15, 0.2) is 16.6 Å². The molecule has 3 N–H and O–H groups in total. The lowest BCUT2D eigenvalue weighted by molar-refractivity contribution is 0.286. The van der Waals surface area contributed by atoms with Gasteiger partial charge < -0.3 is 30.0 Å². The molecule has 28 heavy (non-hydrogen) atoms. The van der Waals surface area contributed by atoms with Crippen molar-refractivity contribution in [2.45, 2.75) is 32.7 Å². The molecule has 0 saturated heterocycles. The molecule has 0 bridgehead atoms. The maximum atomic E-state index is 5.88. The van der Waals surface area contributed by atoms with Crippen molar-refractivity contribution in [1.82, 2.24) is 20.2 Å². The van der Waals surface area contributed by atoms with Crippen molar-refractivity contribution in [3.8, 4) is 11.5 Å². The number of methoxy groups -OCH3 is 1. The molecule has 0 unspecified atom stereocenters. The number of hydrogen-bond acceptors (Lipinski definition) is 5. The van der Waals surface area contributed by atoms with Crippen LogP contribution in [-0.2, 0) is 6.54 Å². The fourth-order valence-electron chi connectivity index (χ4n) is 2.70.